The molecule has 2 aromatic carbocycles. The van der Waals surface area contributed by atoms with Gasteiger partial charge in [0.1, 0.15) is 11.6 Å². The lowest BCUT2D eigenvalue weighted by atomic mass is 10.2. The lowest BCUT2D eigenvalue weighted by molar-refractivity contribution is -0.274. The van der Waals surface area contributed by atoms with Crippen molar-refractivity contribution in [2.45, 2.75) is 6.36 Å². The number of hydrogen-bond acceptors (Lipinski definition) is 4. The van der Waals surface area contributed by atoms with Gasteiger partial charge < -0.3 is 9.47 Å². The van der Waals surface area contributed by atoms with Crippen molar-refractivity contribution in [2.24, 2.45) is 4.99 Å². The maximum Gasteiger partial charge on any atom is 0.573 e. The van der Waals surface area contributed by atoms with Gasteiger partial charge in [-0.15, -0.1) is 13.2 Å². The molecule has 4 nitrogen and oxygen atoms in total. The highest BCUT2D eigenvalue weighted by Crippen LogP contribution is 2.24. The Morgan fingerprint density at radius 2 is 1.64 bits per heavy atom. The molecule has 0 spiro atoms. The van der Waals surface area contributed by atoms with Crippen LogP contribution in [0.25, 0.3) is 6.08 Å². The van der Waals surface area contributed by atoms with Gasteiger partial charge >= 0.3 is 12.3 Å². The fourth-order valence-corrected chi connectivity index (χ4v) is 2.05. The lowest BCUT2D eigenvalue weighted by Gasteiger charge is -2.08. The van der Waals surface area contributed by atoms with Crippen LogP contribution in [-0.2, 0) is 9.53 Å². The second-order valence-corrected chi connectivity index (χ2v) is 4.96. The monoisotopic (exact) mass is 351 g/mol. The van der Waals surface area contributed by atoms with Crippen LogP contribution in [-0.4, -0.2) is 18.2 Å². The third-order valence-electron chi connectivity index (χ3n) is 3.13. The van der Waals surface area contributed by atoms with Crippen LogP contribution >= 0.6 is 0 Å². The molecule has 0 saturated carbocycles. The van der Waals surface area contributed by atoms with E-state index >= 15 is 0 Å². The van der Waals surface area contributed by atoms with E-state index in [0.717, 1.165) is 12.1 Å². The summed E-state index contributed by atoms with van der Waals surface area (Å²) in [5.41, 5.74) is 0.835. The molecule has 0 aliphatic carbocycles. The van der Waals surface area contributed by atoms with Crippen molar-refractivity contribution in [1.29, 1.82) is 0 Å². The molecule has 0 amide bonds. The summed E-state index contributed by atoms with van der Waals surface area (Å²) in [7, 11) is 0. The number of carbonyl (C=O) groups is 1. The molecular formula is C17H9F4NO3. The first-order valence-electron chi connectivity index (χ1n) is 6.94. The fourth-order valence-electron chi connectivity index (χ4n) is 2.05. The minimum absolute atomic E-state index is 0.0216. The van der Waals surface area contributed by atoms with Crippen LogP contribution in [0.2, 0.25) is 0 Å². The van der Waals surface area contributed by atoms with Gasteiger partial charge in [-0.05, 0) is 48.0 Å². The van der Waals surface area contributed by atoms with Gasteiger partial charge in [0.05, 0.1) is 0 Å². The minimum Gasteiger partial charge on any atom is -0.406 e. The van der Waals surface area contributed by atoms with Crippen molar-refractivity contribution in [1.82, 2.24) is 0 Å². The number of carbonyl (C=O) groups excluding carboxylic acids is 1. The van der Waals surface area contributed by atoms with Gasteiger partial charge in [0.25, 0.3) is 0 Å². The molecule has 0 atom stereocenters. The molecule has 128 valence electrons. The van der Waals surface area contributed by atoms with Gasteiger partial charge in [0, 0.05) is 5.56 Å². The highest BCUT2D eigenvalue weighted by Gasteiger charge is 2.31. The van der Waals surface area contributed by atoms with Gasteiger partial charge in [0.2, 0.25) is 5.90 Å². The summed E-state index contributed by atoms with van der Waals surface area (Å²) >= 11 is 0. The Balaban J connectivity index is 1.81. The number of esters is 1. The molecule has 0 N–H and O–H groups in total. The first-order valence-corrected chi connectivity index (χ1v) is 6.94. The van der Waals surface area contributed by atoms with Gasteiger partial charge in [-0.1, -0.05) is 12.1 Å². The number of nitrogens with zero attached hydrogens (tertiary/aromatic N) is 1. The quantitative estimate of drug-likeness (QED) is 0.476. The number of halogens is 4. The molecule has 2 aromatic rings. The number of ether oxygens (including phenoxy) is 2. The largest absolute Gasteiger partial charge is 0.573 e. The van der Waals surface area contributed by atoms with Crippen LogP contribution in [0.5, 0.6) is 5.75 Å². The van der Waals surface area contributed by atoms with E-state index < -0.39 is 18.1 Å². The van der Waals surface area contributed by atoms with E-state index in [9.17, 15) is 22.4 Å². The highest BCUT2D eigenvalue weighted by atomic mass is 19.4. The first-order chi connectivity index (χ1) is 11.8. The Kier molecular flexibility index (Phi) is 4.26. The van der Waals surface area contributed by atoms with Crippen LogP contribution in [0.15, 0.2) is 59.2 Å². The maximum absolute atomic E-state index is 12.9. The molecule has 1 aliphatic heterocycles. The number of benzene rings is 2. The van der Waals surface area contributed by atoms with Gasteiger partial charge in [0.15, 0.2) is 5.70 Å². The molecule has 0 aromatic heterocycles. The van der Waals surface area contributed by atoms with E-state index in [-0.39, 0.29) is 17.3 Å². The summed E-state index contributed by atoms with van der Waals surface area (Å²) < 4.78 is 58.0. The topological polar surface area (TPSA) is 47.9 Å². The summed E-state index contributed by atoms with van der Waals surface area (Å²) in [4.78, 5) is 15.8. The van der Waals surface area contributed by atoms with E-state index in [2.05, 4.69) is 9.73 Å². The van der Waals surface area contributed by atoms with Crippen molar-refractivity contribution in [3.8, 4) is 5.75 Å². The molecule has 3 rings (SSSR count). The maximum atomic E-state index is 12.9. The van der Waals surface area contributed by atoms with E-state index in [1.165, 1.54) is 42.5 Å². The van der Waals surface area contributed by atoms with Gasteiger partial charge in [-0.3, -0.25) is 0 Å². The summed E-state index contributed by atoms with van der Waals surface area (Å²) in [5.74, 6) is -1.51. The first kappa shape index (κ1) is 16.7. The SMILES string of the molecule is O=C1OC(c2ccc(F)cc2)=NC1=Cc1ccc(OC(F)(F)F)cc1. The van der Waals surface area contributed by atoms with Crippen LogP contribution in [0.4, 0.5) is 17.6 Å². The normalized spacial score (nSPS) is 15.9. The van der Waals surface area contributed by atoms with E-state index in [1.54, 1.807) is 0 Å². The zero-order valence-corrected chi connectivity index (χ0v) is 12.4. The zero-order chi connectivity index (χ0) is 18.0. The number of aliphatic imine (C=N–C) groups is 1. The van der Waals surface area contributed by atoms with Crippen molar-refractivity contribution >= 4 is 17.9 Å². The highest BCUT2D eigenvalue weighted by molar-refractivity contribution is 6.12. The number of rotatable bonds is 3. The second kappa shape index (κ2) is 6.39. The Hall–Kier alpha value is -3.16. The molecule has 8 heteroatoms. The molecule has 0 fully saturated rings. The molecule has 0 unspecified atom stereocenters. The lowest BCUT2D eigenvalue weighted by Crippen LogP contribution is -2.16. The smallest absolute Gasteiger partial charge is 0.406 e. The predicted octanol–water partition coefficient (Wildman–Crippen LogP) is 4.07. The third-order valence-corrected chi connectivity index (χ3v) is 3.13. The Bertz CT molecular complexity index is 853. The molecule has 0 radical (unpaired) electrons. The van der Waals surface area contributed by atoms with E-state index in [1.807, 2.05) is 0 Å². The van der Waals surface area contributed by atoms with E-state index in [0.29, 0.717) is 11.1 Å². The summed E-state index contributed by atoms with van der Waals surface area (Å²) in [6, 6.07) is 10.1. The zero-order valence-electron chi connectivity index (χ0n) is 12.4. The predicted molar refractivity (Wildman–Crippen MR) is 80.1 cm³/mol. The molecule has 25 heavy (non-hydrogen) atoms. The Morgan fingerprint density at radius 1 is 1.00 bits per heavy atom. The van der Waals surface area contributed by atoms with Crippen molar-refractivity contribution in [2.75, 3.05) is 0 Å². The summed E-state index contributed by atoms with van der Waals surface area (Å²) in [6.07, 6.45) is -3.42. The van der Waals surface area contributed by atoms with Crippen LogP contribution in [0.3, 0.4) is 0 Å². The van der Waals surface area contributed by atoms with Crippen molar-refractivity contribution in [3.63, 3.8) is 0 Å². The second-order valence-electron chi connectivity index (χ2n) is 4.96. The molecular weight excluding hydrogens is 342 g/mol. The number of hydrogen-bond donors (Lipinski definition) is 0. The van der Waals surface area contributed by atoms with Crippen LogP contribution < -0.4 is 4.74 Å². The molecule has 0 saturated heterocycles. The fraction of sp³-hybridized carbons (Fsp3) is 0.0588. The standard InChI is InChI=1S/C17H9F4NO3/c18-12-5-3-11(4-6-12)15-22-14(16(23)24-15)9-10-1-7-13(8-2-10)25-17(19,20)21/h1-9H. The van der Waals surface area contributed by atoms with Crippen LogP contribution in [0, 0.1) is 5.82 Å². The third kappa shape index (κ3) is 4.23. The van der Waals surface area contributed by atoms with Crippen LogP contribution in [0.1, 0.15) is 11.1 Å². The van der Waals surface area contributed by atoms with Gasteiger partial charge in [-0.25, -0.2) is 14.2 Å². The number of cyclic esters (lactones) is 1. The summed E-state index contributed by atoms with van der Waals surface area (Å²) in [6.45, 7) is 0. The molecule has 1 aliphatic rings. The average Bonchev–Trinajstić information content (AvgIpc) is 2.89. The minimum atomic E-state index is -4.77. The van der Waals surface area contributed by atoms with Gasteiger partial charge in [-0.2, -0.15) is 0 Å². The molecule has 1 heterocycles. The van der Waals surface area contributed by atoms with E-state index in [4.69, 9.17) is 4.74 Å². The van der Waals surface area contributed by atoms with Crippen molar-refractivity contribution < 1.29 is 31.8 Å². The molecule has 0 bridgehead atoms. The number of alkyl halides is 3. The Labute approximate surface area is 139 Å². The average molecular weight is 351 g/mol. The Morgan fingerprint density at radius 3 is 2.24 bits per heavy atom. The van der Waals surface area contributed by atoms with Crippen molar-refractivity contribution in [3.05, 3.63) is 71.2 Å². The summed E-state index contributed by atoms with van der Waals surface area (Å²) in [5, 5.41) is 0.